The summed E-state index contributed by atoms with van der Waals surface area (Å²) in [7, 11) is 1.48. The maximum absolute atomic E-state index is 14.0. The molecule has 45 heavy (non-hydrogen) atoms. The molecular formula is C28H32F4N8O5. The number of alkyl carbamates (subject to hydrolysis) is 1. The number of amides is 3. The normalized spacial score (nSPS) is 15.8. The topological polar surface area (TPSA) is 162 Å². The van der Waals surface area contributed by atoms with Gasteiger partial charge in [0, 0.05) is 26.4 Å². The summed E-state index contributed by atoms with van der Waals surface area (Å²) >= 11 is 0. The van der Waals surface area contributed by atoms with Crippen LogP contribution in [0.1, 0.15) is 57.9 Å². The molecule has 17 heteroatoms. The number of anilines is 2. The lowest BCUT2D eigenvalue weighted by Crippen LogP contribution is -2.58. The molecule has 0 saturated heterocycles. The van der Waals surface area contributed by atoms with Gasteiger partial charge in [0.15, 0.2) is 11.5 Å². The lowest BCUT2D eigenvalue weighted by molar-refractivity contribution is -0.173. The van der Waals surface area contributed by atoms with Crippen LogP contribution < -0.4 is 16.0 Å². The molecule has 3 aromatic rings. The number of aromatic nitrogens is 5. The Labute approximate surface area is 255 Å². The van der Waals surface area contributed by atoms with Crippen molar-refractivity contribution in [2.45, 2.75) is 65.1 Å². The lowest BCUT2D eigenvalue weighted by Gasteiger charge is -2.45. The summed E-state index contributed by atoms with van der Waals surface area (Å²) in [5, 5.41) is 15.4. The van der Waals surface area contributed by atoms with Crippen LogP contribution in [0.2, 0.25) is 0 Å². The smallest absolute Gasteiger partial charge is 0.413 e. The molecule has 13 nitrogen and oxygen atoms in total. The van der Waals surface area contributed by atoms with E-state index in [0.717, 1.165) is 6.07 Å². The highest BCUT2D eigenvalue weighted by Crippen LogP contribution is 2.52. The molecule has 3 heterocycles. The minimum absolute atomic E-state index is 0.0533. The van der Waals surface area contributed by atoms with Gasteiger partial charge in [-0.3, -0.25) is 10.1 Å². The molecule has 4 rings (SSSR count). The van der Waals surface area contributed by atoms with Crippen LogP contribution >= 0.6 is 0 Å². The van der Waals surface area contributed by atoms with Crippen molar-refractivity contribution in [1.29, 1.82) is 0 Å². The Kier molecular flexibility index (Phi) is 9.02. The molecule has 0 radical (unpaired) electrons. The SMILES string of the molecule is Cc1nc(-c2nnn(C)c2NC(=O)OC(C)c2cc(F)cnc2F)ccc1NC(=O)C1(CNC(=O)OC(C)(C)C)CC(F)(F)C1. The fourth-order valence-corrected chi connectivity index (χ4v) is 4.68. The van der Waals surface area contributed by atoms with Crippen molar-refractivity contribution in [2.24, 2.45) is 12.5 Å². The summed E-state index contributed by atoms with van der Waals surface area (Å²) in [5.74, 6) is -5.55. The second-order valence-corrected chi connectivity index (χ2v) is 11.7. The molecule has 0 aromatic carbocycles. The molecule has 1 atom stereocenters. The van der Waals surface area contributed by atoms with Gasteiger partial charge in [-0.2, -0.15) is 4.39 Å². The van der Waals surface area contributed by atoms with Crippen molar-refractivity contribution in [2.75, 3.05) is 17.2 Å². The third kappa shape index (κ3) is 7.82. The van der Waals surface area contributed by atoms with Crippen LogP contribution in [0, 0.1) is 24.1 Å². The number of hydrogen-bond acceptors (Lipinski definition) is 9. The number of carbonyl (C=O) groups is 3. The quantitative estimate of drug-likeness (QED) is 0.227. The maximum Gasteiger partial charge on any atom is 0.413 e. The molecule has 1 saturated carbocycles. The number of nitrogens with zero attached hydrogens (tertiary/aromatic N) is 5. The first-order chi connectivity index (χ1) is 20.9. The van der Waals surface area contributed by atoms with Gasteiger partial charge in [0.05, 0.1) is 34.3 Å². The zero-order chi connectivity index (χ0) is 33.3. The van der Waals surface area contributed by atoms with Crippen LogP contribution in [-0.2, 0) is 21.3 Å². The fraction of sp³-hybridized carbons (Fsp3) is 0.464. The van der Waals surface area contributed by atoms with E-state index >= 15 is 0 Å². The molecule has 0 aliphatic heterocycles. The van der Waals surface area contributed by atoms with Gasteiger partial charge in [-0.05, 0) is 52.8 Å². The highest BCUT2D eigenvalue weighted by molar-refractivity contribution is 5.97. The van der Waals surface area contributed by atoms with E-state index in [4.69, 9.17) is 9.47 Å². The van der Waals surface area contributed by atoms with Crippen LogP contribution in [0.25, 0.3) is 11.4 Å². The summed E-state index contributed by atoms with van der Waals surface area (Å²) in [5.41, 5.74) is -1.83. The van der Waals surface area contributed by atoms with E-state index in [1.54, 1.807) is 27.7 Å². The van der Waals surface area contributed by atoms with E-state index in [1.165, 1.54) is 30.8 Å². The molecule has 1 aliphatic carbocycles. The van der Waals surface area contributed by atoms with E-state index in [1.807, 2.05) is 0 Å². The standard InChI is InChI=1S/C28H32F4N8O5/c1-14-18(36-23(41)27(11-28(31,32)12-27)13-34-24(42)45-26(3,4)5)7-8-19(35-14)20-22(40(6)39-38-20)37-25(43)44-15(2)17-9-16(29)10-33-21(17)30/h7-10,15H,11-13H2,1-6H3,(H,34,42)(H,36,41)(H,37,43). The Bertz CT molecular complexity index is 1620. The van der Waals surface area contributed by atoms with E-state index < -0.39 is 65.7 Å². The largest absolute Gasteiger partial charge is 0.444 e. The number of alkyl halides is 2. The highest BCUT2D eigenvalue weighted by Gasteiger charge is 2.61. The molecule has 3 amide bonds. The van der Waals surface area contributed by atoms with Crippen LogP contribution in [0.3, 0.4) is 0 Å². The first kappa shape index (κ1) is 33.1. The van der Waals surface area contributed by atoms with Crippen molar-refractivity contribution in [3.8, 4) is 11.4 Å². The summed E-state index contributed by atoms with van der Waals surface area (Å²) < 4.78 is 66.9. The number of carbonyl (C=O) groups excluding carboxylic acids is 3. The molecule has 1 fully saturated rings. The molecular weight excluding hydrogens is 604 g/mol. The number of ether oxygens (including phenoxy) is 2. The third-order valence-corrected chi connectivity index (χ3v) is 6.82. The van der Waals surface area contributed by atoms with Crippen LogP contribution in [-0.4, -0.2) is 61.1 Å². The summed E-state index contributed by atoms with van der Waals surface area (Å²) in [6.45, 7) is 7.47. The first-order valence-corrected chi connectivity index (χ1v) is 13.7. The molecule has 3 aromatic heterocycles. The first-order valence-electron chi connectivity index (χ1n) is 13.7. The van der Waals surface area contributed by atoms with Crippen molar-refractivity contribution in [3.05, 3.63) is 47.4 Å². The number of rotatable bonds is 8. The maximum atomic E-state index is 14.0. The average molecular weight is 637 g/mol. The molecule has 0 spiro atoms. The third-order valence-electron chi connectivity index (χ3n) is 6.82. The molecule has 1 aliphatic rings. The van der Waals surface area contributed by atoms with Crippen molar-refractivity contribution >= 4 is 29.6 Å². The van der Waals surface area contributed by atoms with Crippen LogP contribution in [0.4, 0.5) is 38.7 Å². The Morgan fingerprint density at radius 3 is 2.42 bits per heavy atom. The van der Waals surface area contributed by atoms with E-state index in [9.17, 15) is 31.9 Å². The fourth-order valence-electron chi connectivity index (χ4n) is 4.68. The van der Waals surface area contributed by atoms with Gasteiger partial charge in [-0.25, -0.2) is 37.4 Å². The van der Waals surface area contributed by atoms with Gasteiger partial charge >= 0.3 is 12.2 Å². The van der Waals surface area contributed by atoms with Crippen LogP contribution in [0.5, 0.6) is 0 Å². The highest BCUT2D eigenvalue weighted by atomic mass is 19.3. The number of halogens is 4. The van der Waals surface area contributed by atoms with Gasteiger partial charge in [0.2, 0.25) is 17.8 Å². The Hall–Kier alpha value is -4.83. The van der Waals surface area contributed by atoms with Gasteiger partial charge in [0.1, 0.15) is 17.5 Å². The molecule has 242 valence electrons. The van der Waals surface area contributed by atoms with Crippen LogP contribution in [0.15, 0.2) is 24.4 Å². The van der Waals surface area contributed by atoms with Gasteiger partial charge in [-0.15, -0.1) is 5.10 Å². The van der Waals surface area contributed by atoms with Gasteiger partial charge in [0.25, 0.3) is 0 Å². The monoisotopic (exact) mass is 636 g/mol. The number of nitrogens with one attached hydrogen (secondary N) is 3. The zero-order valence-electron chi connectivity index (χ0n) is 25.3. The Balaban J connectivity index is 1.46. The predicted molar refractivity (Wildman–Crippen MR) is 151 cm³/mol. The number of pyridine rings is 2. The minimum atomic E-state index is -3.07. The molecule has 1 unspecified atom stereocenters. The summed E-state index contributed by atoms with van der Waals surface area (Å²) in [6.07, 6.45) is -3.90. The van der Waals surface area contributed by atoms with Crippen molar-refractivity contribution < 1.29 is 41.4 Å². The predicted octanol–water partition coefficient (Wildman–Crippen LogP) is 5.05. The Morgan fingerprint density at radius 1 is 1.11 bits per heavy atom. The Morgan fingerprint density at radius 2 is 1.80 bits per heavy atom. The number of aryl methyl sites for hydroxylation is 2. The van der Waals surface area contributed by atoms with Gasteiger partial charge in [-0.1, -0.05) is 5.21 Å². The second-order valence-electron chi connectivity index (χ2n) is 11.7. The van der Waals surface area contributed by atoms with Gasteiger partial charge < -0.3 is 20.1 Å². The average Bonchev–Trinajstić information content (AvgIpc) is 3.26. The molecule has 3 N–H and O–H groups in total. The van der Waals surface area contributed by atoms with Crippen molar-refractivity contribution in [3.63, 3.8) is 0 Å². The summed E-state index contributed by atoms with van der Waals surface area (Å²) in [6, 6.07) is 3.79. The van der Waals surface area contributed by atoms with E-state index in [0.29, 0.717) is 6.20 Å². The summed E-state index contributed by atoms with van der Waals surface area (Å²) in [4.78, 5) is 45.6. The minimum Gasteiger partial charge on any atom is -0.444 e. The number of hydrogen-bond donors (Lipinski definition) is 3. The molecule has 0 bridgehead atoms. The lowest BCUT2D eigenvalue weighted by atomic mass is 9.65. The van der Waals surface area contributed by atoms with E-state index in [-0.39, 0.29) is 40.7 Å². The zero-order valence-corrected chi connectivity index (χ0v) is 25.3. The second kappa shape index (κ2) is 12.3. The van der Waals surface area contributed by atoms with E-state index in [2.05, 4.69) is 36.2 Å². The van der Waals surface area contributed by atoms with Crippen molar-refractivity contribution in [1.82, 2.24) is 30.3 Å².